The molecule has 1 amide bonds. The highest BCUT2D eigenvalue weighted by Crippen LogP contribution is 2.31. The van der Waals surface area contributed by atoms with Gasteiger partial charge in [0.1, 0.15) is 0 Å². The average molecular weight is 288 g/mol. The van der Waals surface area contributed by atoms with Crippen LogP contribution >= 0.6 is 11.6 Å². The second kappa shape index (κ2) is 5.61. The lowest BCUT2D eigenvalue weighted by Crippen LogP contribution is -2.35. The fourth-order valence-corrected chi connectivity index (χ4v) is 2.79. The van der Waals surface area contributed by atoms with Crippen molar-refractivity contribution in [3.8, 4) is 0 Å². The van der Waals surface area contributed by atoms with Gasteiger partial charge >= 0.3 is 0 Å². The van der Waals surface area contributed by atoms with Crippen LogP contribution in [0.2, 0.25) is 5.02 Å². The number of anilines is 1. The lowest BCUT2D eigenvalue weighted by molar-refractivity contribution is -0.117. The molecule has 1 aromatic heterocycles. The maximum absolute atomic E-state index is 12.4. The predicted octanol–water partition coefficient (Wildman–Crippen LogP) is 2.56. The maximum atomic E-state index is 12.4. The Labute approximate surface area is 122 Å². The summed E-state index contributed by atoms with van der Waals surface area (Å²) in [5.41, 5.74) is 2.70. The number of amides is 1. The lowest BCUT2D eigenvalue weighted by atomic mass is 9.90. The van der Waals surface area contributed by atoms with Gasteiger partial charge in [-0.2, -0.15) is 0 Å². The number of aromatic nitrogens is 1. The van der Waals surface area contributed by atoms with Crippen molar-refractivity contribution in [1.82, 2.24) is 10.3 Å². The van der Waals surface area contributed by atoms with Crippen molar-refractivity contribution in [2.24, 2.45) is 0 Å². The molecule has 0 saturated heterocycles. The van der Waals surface area contributed by atoms with E-state index < -0.39 is 0 Å². The first-order chi connectivity index (χ1) is 9.75. The first-order valence-corrected chi connectivity index (χ1v) is 6.82. The van der Waals surface area contributed by atoms with Crippen molar-refractivity contribution in [1.29, 1.82) is 0 Å². The van der Waals surface area contributed by atoms with E-state index in [1.54, 1.807) is 18.5 Å². The zero-order valence-corrected chi connectivity index (χ0v) is 11.5. The minimum absolute atomic E-state index is 0.0699. The Bertz CT molecular complexity index is 630. The predicted molar refractivity (Wildman–Crippen MR) is 78.8 cm³/mol. The van der Waals surface area contributed by atoms with Crippen molar-refractivity contribution in [2.75, 3.05) is 11.9 Å². The van der Waals surface area contributed by atoms with Gasteiger partial charge in [-0.15, -0.1) is 0 Å². The average Bonchev–Trinajstić information content (AvgIpc) is 2.48. The molecule has 0 aliphatic carbocycles. The zero-order chi connectivity index (χ0) is 13.9. The van der Waals surface area contributed by atoms with Gasteiger partial charge in [0.05, 0.1) is 17.8 Å². The van der Waals surface area contributed by atoms with E-state index in [1.165, 1.54) is 0 Å². The summed E-state index contributed by atoms with van der Waals surface area (Å²) >= 11 is 6.26. The van der Waals surface area contributed by atoms with Gasteiger partial charge in [0, 0.05) is 24.3 Å². The molecule has 1 aromatic carbocycles. The minimum atomic E-state index is -0.285. The third-order valence-electron chi connectivity index (χ3n) is 3.40. The number of carbonyl (C=O) groups excluding carboxylic acids is 1. The first-order valence-electron chi connectivity index (χ1n) is 6.44. The highest BCUT2D eigenvalue weighted by molar-refractivity contribution is 6.31. The van der Waals surface area contributed by atoms with Crippen LogP contribution in [0.25, 0.3) is 0 Å². The number of rotatable bonds is 2. The fraction of sp³-hybridized carbons (Fsp3) is 0.200. The molecule has 0 saturated carbocycles. The van der Waals surface area contributed by atoms with Crippen molar-refractivity contribution in [3.63, 3.8) is 0 Å². The van der Waals surface area contributed by atoms with E-state index in [1.807, 2.05) is 24.3 Å². The van der Waals surface area contributed by atoms with Crippen molar-refractivity contribution < 1.29 is 4.79 Å². The van der Waals surface area contributed by atoms with E-state index in [0.717, 1.165) is 17.7 Å². The summed E-state index contributed by atoms with van der Waals surface area (Å²) in [6.45, 7) is 1.33. The third-order valence-corrected chi connectivity index (χ3v) is 3.73. The maximum Gasteiger partial charge on any atom is 0.233 e. The normalized spacial score (nSPS) is 17.4. The molecule has 0 spiro atoms. The zero-order valence-electron chi connectivity index (χ0n) is 10.8. The van der Waals surface area contributed by atoms with Gasteiger partial charge < -0.3 is 10.6 Å². The lowest BCUT2D eigenvalue weighted by Gasteiger charge is -2.26. The van der Waals surface area contributed by atoms with Crippen molar-refractivity contribution in [3.05, 3.63) is 58.9 Å². The molecule has 2 N–H and O–H groups in total. The molecule has 1 unspecified atom stereocenters. The Kier molecular flexibility index (Phi) is 3.67. The number of benzene rings is 1. The van der Waals surface area contributed by atoms with Gasteiger partial charge in [-0.05, 0) is 29.3 Å². The van der Waals surface area contributed by atoms with Gasteiger partial charge in [0.2, 0.25) is 5.91 Å². The molecule has 2 aromatic rings. The van der Waals surface area contributed by atoms with E-state index in [-0.39, 0.29) is 11.8 Å². The Morgan fingerprint density at radius 1 is 1.35 bits per heavy atom. The Morgan fingerprint density at radius 2 is 2.25 bits per heavy atom. The first kappa shape index (κ1) is 13.1. The summed E-state index contributed by atoms with van der Waals surface area (Å²) in [4.78, 5) is 16.4. The molecule has 3 rings (SSSR count). The number of hydrogen-bond donors (Lipinski definition) is 2. The van der Waals surface area contributed by atoms with Crippen LogP contribution in [-0.4, -0.2) is 17.4 Å². The molecule has 0 bridgehead atoms. The topological polar surface area (TPSA) is 54.0 Å². The van der Waals surface area contributed by atoms with Gasteiger partial charge in [-0.1, -0.05) is 23.7 Å². The van der Waals surface area contributed by atoms with Crippen molar-refractivity contribution >= 4 is 23.2 Å². The van der Waals surface area contributed by atoms with Crippen LogP contribution < -0.4 is 10.6 Å². The standard InChI is InChI=1S/C15H14ClN3O/c16-13-5-1-3-10-7-18-9-12(14(10)13)15(20)19-11-4-2-6-17-8-11/h1-6,8,12,18H,7,9H2,(H,19,20). The molecule has 1 aliphatic rings. The molecular weight excluding hydrogens is 274 g/mol. The summed E-state index contributed by atoms with van der Waals surface area (Å²) < 4.78 is 0. The second-order valence-electron chi connectivity index (χ2n) is 4.73. The van der Waals surface area contributed by atoms with Gasteiger partial charge in [0.25, 0.3) is 0 Å². The van der Waals surface area contributed by atoms with Gasteiger partial charge in [-0.3, -0.25) is 9.78 Å². The Morgan fingerprint density at radius 3 is 3.05 bits per heavy atom. The van der Waals surface area contributed by atoms with Crippen LogP contribution in [0.1, 0.15) is 17.0 Å². The number of pyridine rings is 1. The summed E-state index contributed by atoms with van der Waals surface area (Å²) in [5.74, 6) is -0.354. The third kappa shape index (κ3) is 2.53. The van der Waals surface area contributed by atoms with Gasteiger partial charge in [0.15, 0.2) is 0 Å². The number of halogens is 1. The van der Waals surface area contributed by atoms with Crippen LogP contribution in [0.3, 0.4) is 0 Å². The molecule has 2 heterocycles. The molecule has 0 radical (unpaired) electrons. The van der Waals surface area contributed by atoms with E-state index >= 15 is 0 Å². The largest absolute Gasteiger partial charge is 0.324 e. The quantitative estimate of drug-likeness (QED) is 0.892. The number of nitrogens with one attached hydrogen (secondary N) is 2. The molecule has 1 atom stereocenters. The van der Waals surface area contributed by atoms with E-state index in [2.05, 4.69) is 15.6 Å². The summed E-state index contributed by atoms with van der Waals surface area (Å²) in [5, 5.41) is 6.78. The van der Waals surface area contributed by atoms with Crippen LogP contribution in [0, 0.1) is 0 Å². The van der Waals surface area contributed by atoms with E-state index in [4.69, 9.17) is 11.6 Å². The molecule has 5 heteroatoms. The highest BCUT2D eigenvalue weighted by atomic mass is 35.5. The second-order valence-corrected chi connectivity index (χ2v) is 5.13. The smallest absolute Gasteiger partial charge is 0.233 e. The molecule has 20 heavy (non-hydrogen) atoms. The van der Waals surface area contributed by atoms with Gasteiger partial charge in [-0.25, -0.2) is 0 Å². The Balaban J connectivity index is 1.87. The summed E-state index contributed by atoms with van der Waals surface area (Å²) in [7, 11) is 0. The van der Waals surface area contributed by atoms with Crippen LogP contribution in [0.5, 0.6) is 0 Å². The van der Waals surface area contributed by atoms with Crippen LogP contribution in [0.4, 0.5) is 5.69 Å². The summed E-state index contributed by atoms with van der Waals surface area (Å²) in [6, 6.07) is 9.34. The number of hydrogen-bond acceptors (Lipinski definition) is 3. The fourth-order valence-electron chi connectivity index (χ4n) is 2.47. The summed E-state index contributed by atoms with van der Waals surface area (Å²) in [6.07, 6.45) is 3.30. The van der Waals surface area contributed by atoms with E-state index in [0.29, 0.717) is 17.3 Å². The molecule has 102 valence electrons. The SMILES string of the molecule is O=C(Nc1cccnc1)C1CNCc2cccc(Cl)c21. The Hall–Kier alpha value is -1.91. The monoisotopic (exact) mass is 287 g/mol. The highest BCUT2D eigenvalue weighted by Gasteiger charge is 2.28. The van der Waals surface area contributed by atoms with Crippen molar-refractivity contribution in [2.45, 2.75) is 12.5 Å². The molecule has 0 fully saturated rings. The number of carbonyl (C=O) groups is 1. The number of nitrogens with zero attached hydrogens (tertiary/aromatic N) is 1. The molecular formula is C15H14ClN3O. The number of fused-ring (bicyclic) bond motifs is 1. The van der Waals surface area contributed by atoms with E-state index in [9.17, 15) is 4.79 Å². The molecule has 4 nitrogen and oxygen atoms in total. The minimum Gasteiger partial charge on any atom is -0.324 e. The van der Waals surface area contributed by atoms with Crippen LogP contribution in [0.15, 0.2) is 42.7 Å². The van der Waals surface area contributed by atoms with Crippen LogP contribution in [-0.2, 0) is 11.3 Å². The molecule has 1 aliphatic heterocycles.